The number of hydrogen-bond donors (Lipinski definition) is 1. The minimum Gasteiger partial charge on any atom is -0.325 e. The molecule has 3 aromatic carbocycles. The van der Waals surface area contributed by atoms with Crippen molar-refractivity contribution in [1.29, 1.82) is 0 Å². The van der Waals surface area contributed by atoms with Gasteiger partial charge in [-0.05, 0) is 50.2 Å². The van der Waals surface area contributed by atoms with Crippen LogP contribution in [0.5, 0.6) is 0 Å². The number of aryl methyl sites for hydroxylation is 2. The van der Waals surface area contributed by atoms with Gasteiger partial charge in [0.2, 0.25) is 5.91 Å². The largest absolute Gasteiger partial charge is 0.325 e. The lowest BCUT2D eigenvalue weighted by molar-refractivity contribution is -0.113. The van der Waals surface area contributed by atoms with Gasteiger partial charge < -0.3 is 5.32 Å². The number of aromatic nitrogens is 3. The number of rotatable bonds is 7. The van der Waals surface area contributed by atoms with Gasteiger partial charge in [-0.25, -0.2) is 8.42 Å². The van der Waals surface area contributed by atoms with Gasteiger partial charge in [-0.1, -0.05) is 59.3 Å². The second kappa shape index (κ2) is 9.82. The van der Waals surface area contributed by atoms with Crippen LogP contribution in [-0.2, 0) is 14.6 Å². The highest BCUT2D eigenvalue weighted by Gasteiger charge is 2.17. The summed E-state index contributed by atoms with van der Waals surface area (Å²) in [5, 5.41) is 12.2. The van der Waals surface area contributed by atoms with Crippen molar-refractivity contribution in [2.24, 2.45) is 0 Å². The third kappa shape index (κ3) is 5.55. The Hall–Kier alpha value is -3.43. The summed E-state index contributed by atoms with van der Waals surface area (Å²) >= 11 is 1.28. The minimum absolute atomic E-state index is 0.117. The van der Waals surface area contributed by atoms with Gasteiger partial charge in [-0.15, -0.1) is 10.2 Å². The van der Waals surface area contributed by atoms with E-state index in [9.17, 15) is 13.2 Å². The third-order valence-corrected chi connectivity index (χ3v) is 7.19. The maximum absolute atomic E-state index is 12.6. The predicted molar refractivity (Wildman–Crippen MR) is 135 cm³/mol. The van der Waals surface area contributed by atoms with Crippen LogP contribution in [0.3, 0.4) is 0 Å². The van der Waals surface area contributed by atoms with Gasteiger partial charge >= 0.3 is 0 Å². The minimum atomic E-state index is -3.29. The van der Waals surface area contributed by atoms with Gasteiger partial charge in [0, 0.05) is 23.2 Å². The molecule has 0 aliphatic heterocycles. The summed E-state index contributed by atoms with van der Waals surface area (Å²) < 4.78 is 25.2. The molecule has 0 saturated carbocycles. The van der Waals surface area contributed by atoms with Crippen LogP contribution >= 0.6 is 11.8 Å². The summed E-state index contributed by atoms with van der Waals surface area (Å²) in [6, 6.07) is 22.2. The number of carbonyl (C=O) groups is 1. The standard InChI is InChI=1S/C25H24N4O3S2/c1-17-4-8-19(9-5-17)24-27-28-25(29(24)21-12-6-18(2)7-13-21)33-16-23(30)26-20-10-14-22(15-11-20)34(3,31)32/h4-15H,16H2,1-3H3,(H,26,30). The SMILES string of the molecule is Cc1ccc(-c2nnc(SCC(=O)Nc3ccc(S(C)(=O)=O)cc3)n2-c2ccc(C)cc2)cc1. The first-order valence-electron chi connectivity index (χ1n) is 10.5. The number of nitrogens with one attached hydrogen (secondary N) is 1. The molecule has 0 aliphatic carbocycles. The molecule has 1 amide bonds. The zero-order chi connectivity index (χ0) is 24.3. The molecule has 0 atom stereocenters. The molecule has 0 aliphatic rings. The molecule has 7 nitrogen and oxygen atoms in total. The van der Waals surface area contributed by atoms with E-state index in [-0.39, 0.29) is 16.6 Å². The van der Waals surface area contributed by atoms with Crippen LogP contribution in [-0.4, -0.2) is 41.1 Å². The van der Waals surface area contributed by atoms with Crippen LogP contribution in [0.2, 0.25) is 0 Å². The zero-order valence-corrected chi connectivity index (χ0v) is 20.7. The van der Waals surface area contributed by atoms with Crippen molar-refractivity contribution in [3.05, 3.63) is 83.9 Å². The van der Waals surface area contributed by atoms with Crippen molar-refractivity contribution in [1.82, 2.24) is 14.8 Å². The monoisotopic (exact) mass is 492 g/mol. The van der Waals surface area contributed by atoms with Crippen LogP contribution in [0.25, 0.3) is 17.1 Å². The van der Waals surface area contributed by atoms with Crippen LogP contribution in [0.15, 0.2) is 82.8 Å². The molecular formula is C25H24N4O3S2. The van der Waals surface area contributed by atoms with E-state index in [0.717, 1.165) is 28.6 Å². The smallest absolute Gasteiger partial charge is 0.234 e. The highest BCUT2D eigenvalue weighted by Crippen LogP contribution is 2.28. The number of thioether (sulfide) groups is 1. The van der Waals surface area contributed by atoms with Crippen molar-refractivity contribution < 1.29 is 13.2 Å². The van der Waals surface area contributed by atoms with Crippen molar-refractivity contribution >= 4 is 33.2 Å². The number of sulfone groups is 1. The highest BCUT2D eigenvalue weighted by atomic mass is 32.2. The lowest BCUT2D eigenvalue weighted by atomic mass is 10.1. The molecule has 0 unspecified atom stereocenters. The Kier molecular flexibility index (Phi) is 6.85. The van der Waals surface area contributed by atoms with Crippen LogP contribution in [0.1, 0.15) is 11.1 Å². The predicted octanol–water partition coefficient (Wildman–Crippen LogP) is 4.69. The number of amides is 1. The van der Waals surface area contributed by atoms with E-state index in [0.29, 0.717) is 16.7 Å². The maximum Gasteiger partial charge on any atom is 0.234 e. The van der Waals surface area contributed by atoms with E-state index in [4.69, 9.17) is 0 Å². The van der Waals surface area contributed by atoms with Crippen LogP contribution in [0, 0.1) is 13.8 Å². The Morgan fingerprint density at radius 3 is 2.06 bits per heavy atom. The molecule has 0 fully saturated rings. The third-order valence-electron chi connectivity index (χ3n) is 5.13. The van der Waals surface area contributed by atoms with Gasteiger partial charge in [-0.3, -0.25) is 9.36 Å². The summed E-state index contributed by atoms with van der Waals surface area (Å²) in [7, 11) is -3.29. The molecule has 0 bridgehead atoms. The van der Waals surface area contributed by atoms with Gasteiger partial charge in [0.15, 0.2) is 20.8 Å². The van der Waals surface area contributed by atoms with E-state index in [1.165, 1.54) is 23.9 Å². The average molecular weight is 493 g/mol. The summed E-state index contributed by atoms with van der Waals surface area (Å²) in [6.07, 6.45) is 1.15. The average Bonchev–Trinajstić information content (AvgIpc) is 3.22. The molecular weight excluding hydrogens is 468 g/mol. The molecule has 1 N–H and O–H groups in total. The fourth-order valence-corrected chi connectivity index (χ4v) is 4.67. The molecule has 1 aromatic heterocycles. The van der Waals surface area contributed by atoms with E-state index < -0.39 is 9.84 Å². The summed E-state index contributed by atoms with van der Waals surface area (Å²) in [5.41, 5.74) is 4.66. The van der Waals surface area contributed by atoms with Crippen molar-refractivity contribution in [2.45, 2.75) is 23.9 Å². The van der Waals surface area contributed by atoms with Gasteiger partial charge in [0.25, 0.3) is 0 Å². The second-order valence-corrected chi connectivity index (χ2v) is 10.9. The molecule has 34 heavy (non-hydrogen) atoms. The Bertz CT molecular complexity index is 1410. The lowest BCUT2D eigenvalue weighted by Crippen LogP contribution is -2.14. The van der Waals surface area contributed by atoms with Crippen LogP contribution in [0.4, 0.5) is 5.69 Å². The lowest BCUT2D eigenvalue weighted by Gasteiger charge is -2.11. The molecule has 0 radical (unpaired) electrons. The number of hydrogen-bond acceptors (Lipinski definition) is 6. The van der Waals surface area contributed by atoms with Gasteiger partial charge in [-0.2, -0.15) is 0 Å². The number of carbonyl (C=O) groups excluding carboxylic acids is 1. The highest BCUT2D eigenvalue weighted by molar-refractivity contribution is 7.99. The summed E-state index contributed by atoms with van der Waals surface area (Å²) in [5.74, 6) is 0.585. The Labute approximate surface area is 203 Å². The first kappa shape index (κ1) is 23.7. The van der Waals surface area contributed by atoms with Crippen molar-refractivity contribution in [3.63, 3.8) is 0 Å². The molecule has 9 heteroatoms. The summed E-state index contributed by atoms with van der Waals surface area (Å²) in [4.78, 5) is 12.8. The van der Waals surface area contributed by atoms with Crippen LogP contribution < -0.4 is 5.32 Å². The molecule has 0 saturated heterocycles. The first-order chi connectivity index (χ1) is 16.2. The molecule has 174 valence electrons. The number of nitrogens with zero attached hydrogens (tertiary/aromatic N) is 3. The van der Waals surface area contributed by atoms with E-state index >= 15 is 0 Å². The van der Waals surface area contributed by atoms with Crippen molar-refractivity contribution in [3.8, 4) is 17.1 Å². The molecule has 4 aromatic rings. The Morgan fingerprint density at radius 2 is 1.47 bits per heavy atom. The fraction of sp³-hybridized carbons (Fsp3) is 0.160. The van der Waals surface area contributed by atoms with E-state index in [1.54, 1.807) is 12.1 Å². The van der Waals surface area contributed by atoms with E-state index in [2.05, 4.69) is 15.5 Å². The fourth-order valence-electron chi connectivity index (χ4n) is 3.29. The first-order valence-corrected chi connectivity index (χ1v) is 13.4. The molecule has 4 rings (SSSR count). The van der Waals surface area contributed by atoms with Crippen molar-refractivity contribution in [2.75, 3.05) is 17.3 Å². The maximum atomic E-state index is 12.6. The van der Waals surface area contributed by atoms with Gasteiger partial charge in [0.05, 0.1) is 10.6 Å². The quantitative estimate of drug-likeness (QED) is 0.376. The van der Waals surface area contributed by atoms with Gasteiger partial charge in [0.1, 0.15) is 0 Å². The number of anilines is 1. The Morgan fingerprint density at radius 1 is 0.882 bits per heavy atom. The zero-order valence-electron chi connectivity index (χ0n) is 19.0. The topological polar surface area (TPSA) is 94.0 Å². The molecule has 1 heterocycles. The number of benzene rings is 3. The Balaban J connectivity index is 1.55. The van der Waals surface area contributed by atoms with E-state index in [1.807, 2.05) is 66.9 Å². The second-order valence-electron chi connectivity index (χ2n) is 7.98. The normalized spacial score (nSPS) is 11.4. The summed E-state index contributed by atoms with van der Waals surface area (Å²) in [6.45, 7) is 4.06. The molecule has 0 spiro atoms.